The van der Waals surface area contributed by atoms with Crippen LogP contribution in [0.3, 0.4) is 0 Å². The van der Waals surface area contributed by atoms with E-state index in [0.717, 1.165) is 5.56 Å². The van der Waals surface area contributed by atoms with E-state index in [0.29, 0.717) is 45.3 Å². The lowest BCUT2D eigenvalue weighted by Crippen LogP contribution is -2.50. The third-order valence-electron chi connectivity index (χ3n) is 9.72. The number of ether oxygens (including phenoxy) is 2. The minimum atomic E-state index is -2.64. The Balaban J connectivity index is 1.28. The number of carbonyl (C=O) groups excluding carboxylic acids is 4. The van der Waals surface area contributed by atoms with Crippen molar-refractivity contribution in [2.75, 3.05) is 52.6 Å². The fourth-order valence-electron chi connectivity index (χ4n) is 7.11. The molecule has 2 bridgehead atoms. The van der Waals surface area contributed by atoms with Crippen molar-refractivity contribution >= 4 is 23.6 Å². The first-order valence-electron chi connectivity index (χ1n) is 16.6. The third-order valence-corrected chi connectivity index (χ3v) is 9.72. The zero-order valence-electron chi connectivity index (χ0n) is 26.4. The molecule has 5 rings (SSSR count). The van der Waals surface area contributed by atoms with E-state index in [2.05, 4.69) is 16.0 Å². The summed E-state index contributed by atoms with van der Waals surface area (Å²) in [6.45, 7) is 2.36. The summed E-state index contributed by atoms with van der Waals surface area (Å²) in [5, 5.41) is 9.31. The Morgan fingerprint density at radius 1 is 0.957 bits per heavy atom. The van der Waals surface area contributed by atoms with Crippen LogP contribution >= 0.6 is 0 Å². The van der Waals surface area contributed by atoms with E-state index in [4.69, 9.17) is 9.47 Å². The molecule has 3 N–H and O–H groups in total. The largest absolute Gasteiger partial charge is 0.377 e. The van der Waals surface area contributed by atoms with Crippen LogP contribution in [0, 0.1) is 11.8 Å². The van der Waals surface area contributed by atoms with Gasteiger partial charge in [-0.3, -0.25) is 19.2 Å². The van der Waals surface area contributed by atoms with Crippen molar-refractivity contribution in [1.82, 2.24) is 25.8 Å². The summed E-state index contributed by atoms with van der Waals surface area (Å²) in [6.07, 6.45) is 1.58. The fraction of sp³-hybridized carbons (Fsp3) is 0.697. The van der Waals surface area contributed by atoms with Gasteiger partial charge in [-0.1, -0.05) is 30.3 Å². The number of rotatable bonds is 6. The van der Waals surface area contributed by atoms with Crippen molar-refractivity contribution in [3.05, 3.63) is 35.9 Å². The van der Waals surface area contributed by atoms with E-state index in [-0.39, 0.29) is 113 Å². The van der Waals surface area contributed by atoms with E-state index in [1.807, 2.05) is 30.3 Å². The SMILES string of the molecule is O=C(C[C@@H]1CCN2C[C@@H]1CC(=O)N1C[C@@H](NC3CCC(F)(F)CC3)C[C@H]1C(=O)NCCOCCOCC2=O)NCc1ccccc1. The van der Waals surface area contributed by atoms with Gasteiger partial charge in [-0.05, 0) is 43.1 Å². The normalized spacial score (nSPS) is 28.7. The number of fused-ring (bicyclic) bond motifs is 3. The molecule has 0 radical (unpaired) electrons. The van der Waals surface area contributed by atoms with E-state index < -0.39 is 12.0 Å². The van der Waals surface area contributed by atoms with Crippen LogP contribution in [0.15, 0.2) is 30.3 Å². The van der Waals surface area contributed by atoms with Gasteiger partial charge in [0.05, 0.1) is 19.8 Å². The number of piperidine rings is 1. The number of halogens is 2. The van der Waals surface area contributed by atoms with Gasteiger partial charge < -0.3 is 35.2 Å². The maximum absolute atomic E-state index is 14.0. The highest BCUT2D eigenvalue weighted by molar-refractivity contribution is 5.88. The molecule has 13 heteroatoms. The molecule has 4 amide bonds. The van der Waals surface area contributed by atoms with E-state index in [9.17, 15) is 28.0 Å². The van der Waals surface area contributed by atoms with Crippen molar-refractivity contribution < 1.29 is 37.4 Å². The first-order valence-corrected chi connectivity index (χ1v) is 16.6. The van der Waals surface area contributed by atoms with Gasteiger partial charge in [-0.2, -0.15) is 0 Å². The molecular weight excluding hydrogens is 600 g/mol. The molecule has 3 aliphatic heterocycles. The van der Waals surface area contributed by atoms with Gasteiger partial charge in [0.2, 0.25) is 29.6 Å². The summed E-state index contributed by atoms with van der Waals surface area (Å²) in [6, 6.07) is 8.60. The monoisotopic (exact) mass is 647 g/mol. The first-order chi connectivity index (χ1) is 22.2. The maximum Gasteiger partial charge on any atom is 0.248 e. The number of nitrogens with zero attached hydrogens (tertiary/aromatic N) is 2. The number of nitrogens with one attached hydrogen (secondary N) is 3. The molecule has 11 nitrogen and oxygen atoms in total. The van der Waals surface area contributed by atoms with Gasteiger partial charge in [-0.15, -0.1) is 0 Å². The molecule has 1 saturated carbocycles. The molecule has 4 aliphatic rings. The second-order valence-electron chi connectivity index (χ2n) is 13.1. The Bertz CT molecular complexity index is 1200. The fourth-order valence-corrected chi connectivity index (χ4v) is 7.11. The average molecular weight is 648 g/mol. The number of benzene rings is 1. The molecule has 1 aromatic carbocycles. The van der Waals surface area contributed by atoms with E-state index in [1.54, 1.807) is 9.80 Å². The molecule has 1 aliphatic carbocycles. The van der Waals surface area contributed by atoms with Crippen LogP contribution in [0.25, 0.3) is 0 Å². The molecule has 3 heterocycles. The lowest BCUT2D eigenvalue weighted by atomic mass is 9.80. The predicted octanol–water partition coefficient (Wildman–Crippen LogP) is 1.85. The summed E-state index contributed by atoms with van der Waals surface area (Å²) >= 11 is 0. The number of amides is 4. The summed E-state index contributed by atoms with van der Waals surface area (Å²) in [5.74, 6) is -3.85. The van der Waals surface area contributed by atoms with E-state index in [1.165, 1.54) is 0 Å². The Morgan fingerprint density at radius 2 is 1.72 bits per heavy atom. The van der Waals surface area contributed by atoms with Crippen molar-refractivity contribution in [1.29, 1.82) is 0 Å². The zero-order chi connectivity index (χ0) is 32.5. The topological polar surface area (TPSA) is 129 Å². The van der Waals surface area contributed by atoms with Gasteiger partial charge in [-0.25, -0.2) is 8.78 Å². The van der Waals surface area contributed by atoms with Crippen LogP contribution in [-0.4, -0.2) is 110 Å². The van der Waals surface area contributed by atoms with Crippen molar-refractivity contribution in [3.8, 4) is 0 Å². The summed E-state index contributed by atoms with van der Waals surface area (Å²) in [5.41, 5.74) is 0.987. The minimum Gasteiger partial charge on any atom is -0.377 e. The summed E-state index contributed by atoms with van der Waals surface area (Å²) < 4.78 is 38.6. The Labute approximate surface area is 269 Å². The van der Waals surface area contributed by atoms with E-state index >= 15 is 0 Å². The number of alkyl halides is 2. The molecule has 4 fully saturated rings. The summed E-state index contributed by atoms with van der Waals surface area (Å²) in [4.78, 5) is 56.7. The van der Waals surface area contributed by atoms with Gasteiger partial charge in [0, 0.05) is 70.5 Å². The highest BCUT2D eigenvalue weighted by Crippen LogP contribution is 2.35. The van der Waals surface area contributed by atoms with Crippen molar-refractivity contribution in [3.63, 3.8) is 0 Å². The molecule has 0 unspecified atom stereocenters. The van der Waals surface area contributed by atoms with Crippen LogP contribution < -0.4 is 16.0 Å². The van der Waals surface area contributed by atoms with Crippen LogP contribution in [0.4, 0.5) is 8.78 Å². The number of carbonyl (C=O) groups is 4. The molecule has 0 spiro atoms. The average Bonchev–Trinajstić information content (AvgIpc) is 3.47. The number of hydrogen-bond acceptors (Lipinski definition) is 7. The molecule has 1 aromatic rings. The van der Waals surface area contributed by atoms with Crippen molar-refractivity contribution in [2.45, 2.75) is 82.0 Å². The Hall–Kier alpha value is -3.16. The lowest BCUT2D eigenvalue weighted by molar-refractivity contribution is -0.143. The standard InChI is InChI=1S/C33H47F2N5O6/c34-33(35)9-6-26(7-10-33)38-27-18-28-32(44)36-11-13-45-14-15-46-22-31(43)39-12-8-24(25(20-39)17-30(42)40(28)21-27)16-29(41)37-19-23-4-2-1-3-5-23/h1-5,24-28,38H,6-22H2,(H,36,44)(H,37,41)/t24-,25-,27-,28-/m0/s1. The zero-order valence-corrected chi connectivity index (χ0v) is 26.4. The van der Waals surface area contributed by atoms with Crippen LogP contribution in [-0.2, 0) is 35.2 Å². The molecular formula is C33H47F2N5O6. The van der Waals surface area contributed by atoms with Gasteiger partial charge in [0.15, 0.2) is 0 Å². The molecule has 0 aromatic heterocycles. The Morgan fingerprint density at radius 3 is 2.50 bits per heavy atom. The quantitative estimate of drug-likeness (QED) is 0.430. The van der Waals surface area contributed by atoms with Crippen molar-refractivity contribution in [2.24, 2.45) is 11.8 Å². The second kappa shape index (κ2) is 16.1. The van der Waals surface area contributed by atoms with Crippen LogP contribution in [0.2, 0.25) is 0 Å². The minimum absolute atomic E-state index is 0.0799. The first kappa shape index (κ1) is 34.2. The van der Waals surface area contributed by atoms with Gasteiger partial charge in [0.1, 0.15) is 12.6 Å². The summed E-state index contributed by atoms with van der Waals surface area (Å²) in [7, 11) is 0. The molecule has 3 saturated heterocycles. The van der Waals surface area contributed by atoms with Crippen LogP contribution in [0.1, 0.15) is 56.9 Å². The lowest BCUT2D eigenvalue weighted by Gasteiger charge is -2.39. The van der Waals surface area contributed by atoms with Gasteiger partial charge >= 0.3 is 0 Å². The van der Waals surface area contributed by atoms with Crippen LogP contribution in [0.5, 0.6) is 0 Å². The highest BCUT2D eigenvalue weighted by atomic mass is 19.3. The second-order valence-corrected chi connectivity index (χ2v) is 13.1. The molecule has 4 atom stereocenters. The maximum atomic E-state index is 14.0. The Kier molecular flexibility index (Phi) is 12.0. The smallest absolute Gasteiger partial charge is 0.248 e. The highest BCUT2D eigenvalue weighted by Gasteiger charge is 2.43. The third kappa shape index (κ3) is 9.68. The number of hydrogen-bond donors (Lipinski definition) is 3. The molecule has 46 heavy (non-hydrogen) atoms. The molecule has 254 valence electrons. The van der Waals surface area contributed by atoms with Gasteiger partial charge in [0.25, 0.3) is 0 Å². The predicted molar refractivity (Wildman–Crippen MR) is 165 cm³/mol.